The fourth-order valence-electron chi connectivity index (χ4n) is 6.26. The quantitative estimate of drug-likeness (QED) is 0.200. The van der Waals surface area contributed by atoms with Crippen LogP contribution < -0.4 is 19.7 Å². The molecule has 9 nitrogen and oxygen atoms in total. The Labute approximate surface area is 281 Å². The van der Waals surface area contributed by atoms with Crippen molar-refractivity contribution < 1.29 is 27.4 Å². The van der Waals surface area contributed by atoms with E-state index in [0.29, 0.717) is 22.6 Å². The maximum atomic E-state index is 13.4. The highest BCUT2D eigenvalue weighted by molar-refractivity contribution is 8.14. The van der Waals surface area contributed by atoms with Gasteiger partial charge in [-0.1, -0.05) is 62.4 Å². The molecule has 3 aromatic carbocycles. The van der Waals surface area contributed by atoms with Gasteiger partial charge in [0, 0.05) is 41.6 Å². The number of alkyl halides is 3. The van der Waals surface area contributed by atoms with E-state index in [1.165, 1.54) is 40.8 Å². The molecule has 13 heteroatoms. The number of nitrogens with zero attached hydrogens (tertiary/aromatic N) is 5. The van der Waals surface area contributed by atoms with E-state index in [2.05, 4.69) is 49.9 Å². The first-order chi connectivity index (χ1) is 23.1. The number of aliphatic imine (C=N–C) groups is 1. The largest absolute Gasteiger partial charge is 0.573 e. The number of amides is 2. The minimum Gasteiger partial charge on any atom is -0.497 e. The van der Waals surface area contributed by atoms with Gasteiger partial charge in [-0.05, 0) is 66.6 Å². The van der Waals surface area contributed by atoms with E-state index in [1.54, 1.807) is 18.9 Å². The number of urea groups is 1. The Balaban J connectivity index is 1.13. The lowest BCUT2D eigenvalue weighted by Crippen LogP contribution is -2.39. The third-order valence-electron chi connectivity index (χ3n) is 8.58. The number of amidine groups is 1. The van der Waals surface area contributed by atoms with Gasteiger partial charge in [-0.3, -0.25) is 0 Å². The molecule has 6 rings (SSSR count). The topological polar surface area (TPSA) is 93.9 Å². The van der Waals surface area contributed by atoms with Crippen molar-refractivity contribution in [1.29, 1.82) is 0 Å². The van der Waals surface area contributed by atoms with Gasteiger partial charge in [-0.25, -0.2) is 14.5 Å². The van der Waals surface area contributed by atoms with Gasteiger partial charge in [0.15, 0.2) is 11.0 Å². The predicted molar refractivity (Wildman–Crippen MR) is 181 cm³/mol. The molecule has 1 aliphatic heterocycles. The molecule has 2 fully saturated rings. The van der Waals surface area contributed by atoms with E-state index in [0.717, 1.165) is 60.5 Å². The molecule has 2 heterocycles. The summed E-state index contributed by atoms with van der Waals surface area (Å²) < 4.78 is 48.4. The van der Waals surface area contributed by atoms with Gasteiger partial charge in [0.05, 0.1) is 12.8 Å². The van der Waals surface area contributed by atoms with Crippen molar-refractivity contribution in [2.24, 2.45) is 4.99 Å². The zero-order chi connectivity index (χ0) is 33.8. The van der Waals surface area contributed by atoms with Gasteiger partial charge in [-0.2, -0.15) is 4.99 Å². The van der Waals surface area contributed by atoms with E-state index < -0.39 is 6.36 Å². The molecule has 1 saturated heterocycles. The van der Waals surface area contributed by atoms with Crippen LogP contribution in [-0.4, -0.2) is 57.8 Å². The standard InChI is InChI=1S/C35H37F3N6O3S/c1-22(2)28-17-16-27(46-3)20-31(28)43-18-5-19-48-34(43)41-33(45)40-30-7-4-6-29(30)23-8-10-24(11-9-23)32-39-21-44(42-32)25-12-14-26(15-13-25)47-35(36,37)38/h8-17,20-22,29-30H,4-7,18-19H2,1-3H3,(H,40,45)/b41-34-. The highest BCUT2D eigenvalue weighted by Crippen LogP contribution is 2.37. The minimum absolute atomic E-state index is 0.0422. The Morgan fingerprint density at radius 3 is 2.48 bits per heavy atom. The Kier molecular flexibility index (Phi) is 9.95. The van der Waals surface area contributed by atoms with Crippen LogP contribution in [0.2, 0.25) is 0 Å². The summed E-state index contributed by atoms with van der Waals surface area (Å²) in [4.78, 5) is 24.5. The van der Waals surface area contributed by atoms with Gasteiger partial charge >= 0.3 is 12.4 Å². The van der Waals surface area contributed by atoms with Crippen LogP contribution in [-0.2, 0) is 0 Å². The van der Waals surface area contributed by atoms with Crippen LogP contribution >= 0.6 is 11.8 Å². The Morgan fingerprint density at radius 1 is 1.02 bits per heavy atom. The number of hydrogen-bond acceptors (Lipinski definition) is 6. The van der Waals surface area contributed by atoms with Crippen LogP contribution in [0.15, 0.2) is 78.0 Å². The SMILES string of the molecule is COc1ccc(C(C)C)c(N2CCCS/C2=N\C(=O)NC2CCCC2c2ccc(-c3ncn(-c4ccc(OC(F)(F)F)cc4)n3)cc2)c1. The molecular weight excluding hydrogens is 641 g/mol. The average Bonchev–Trinajstić information content (AvgIpc) is 3.75. The van der Waals surface area contributed by atoms with Crippen molar-refractivity contribution in [2.75, 3.05) is 24.3 Å². The molecule has 0 bridgehead atoms. The summed E-state index contributed by atoms with van der Waals surface area (Å²) >= 11 is 1.60. The van der Waals surface area contributed by atoms with Crippen LogP contribution in [0.1, 0.15) is 62.5 Å². The second-order valence-electron chi connectivity index (χ2n) is 12.1. The van der Waals surface area contributed by atoms with Crippen LogP contribution in [0.25, 0.3) is 17.1 Å². The molecule has 48 heavy (non-hydrogen) atoms. The summed E-state index contributed by atoms with van der Waals surface area (Å²) in [6.07, 6.45) is 0.560. The number of benzene rings is 3. The number of halogens is 3. The smallest absolute Gasteiger partial charge is 0.497 e. The molecular formula is C35H37F3N6O3S. The molecule has 2 aliphatic rings. The second kappa shape index (κ2) is 14.3. The molecule has 0 spiro atoms. The summed E-state index contributed by atoms with van der Waals surface area (Å²) in [6.45, 7) is 5.09. The predicted octanol–water partition coefficient (Wildman–Crippen LogP) is 8.31. The fraction of sp³-hybridized carbons (Fsp3) is 0.371. The first-order valence-corrected chi connectivity index (χ1v) is 16.9. The van der Waals surface area contributed by atoms with Gasteiger partial charge in [0.2, 0.25) is 0 Å². The number of nitrogens with one attached hydrogen (secondary N) is 1. The number of aromatic nitrogens is 3. The third kappa shape index (κ3) is 7.78. The lowest BCUT2D eigenvalue weighted by atomic mass is 9.93. The molecule has 2 atom stereocenters. The fourth-order valence-corrected chi connectivity index (χ4v) is 7.21. The number of ether oxygens (including phenoxy) is 2. The van der Waals surface area contributed by atoms with E-state index in [-0.39, 0.29) is 23.7 Å². The maximum Gasteiger partial charge on any atom is 0.573 e. The summed E-state index contributed by atoms with van der Waals surface area (Å²) in [6, 6.07) is 19.1. The van der Waals surface area contributed by atoms with Crippen LogP contribution in [0.4, 0.5) is 23.7 Å². The summed E-state index contributed by atoms with van der Waals surface area (Å²) in [5.41, 5.74) is 4.66. The monoisotopic (exact) mass is 678 g/mol. The van der Waals surface area contributed by atoms with Crippen molar-refractivity contribution in [3.63, 3.8) is 0 Å². The van der Waals surface area contributed by atoms with Crippen molar-refractivity contribution in [1.82, 2.24) is 20.1 Å². The highest BCUT2D eigenvalue weighted by Gasteiger charge is 2.32. The normalized spacial score (nSPS) is 19.1. The second-order valence-corrected chi connectivity index (χ2v) is 13.2. The van der Waals surface area contributed by atoms with Crippen LogP contribution in [0, 0.1) is 0 Å². The minimum atomic E-state index is -4.75. The van der Waals surface area contributed by atoms with Gasteiger partial charge in [-0.15, -0.1) is 18.3 Å². The number of anilines is 1. The lowest BCUT2D eigenvalue weighted by Gasteiger charge is -2.32. The molecule has 2 amide bonds. The number of methoxy groups -OCH3 is 1. The van der Waals surface area contributed by atoms with Crippen molar-refractivity contribution >= 4 is 28.6 Å². The molecule has 1 N–H and O–H groups in total. The molecule has 2 unspecified atom stereocenters. The average molecular weight is 679 g/mol. The summed E-state index contributed by atoms with van der Waals surface area (Å²) in [5.74, 6) is 2.29. The Bertz CT molecular complexity index is 1760. The van der Waals surface area contributed by atoms with Gasteiger partial charge in [0.25, 0.3) is 0 Å². The van der Waals surface area contributed by atoms with E-state index in [9.17, 15) is 18.0 Å². The third-order valence-corrected chi connectivity index (χ3v) is 9.65. The number of thioether (sulfide) groups is 1. The lowest BCUT2D eigenvalue weighted by molar-refractivity contribution is -0.274. The van der Waals surface area contributed by atoms with E-state index in [4.69, 9.17) is 4.74 Å². The van der Waals surface area contributed by atoms with Crippen molar-refractivity contribution in [2.45, 2.75) is 63.8 Å². The number of carbonyl (C=O) groups excluding carboxylic acids is 1. The molecule has 252 valence electrons. The van der Waals surface area contributed by atoms with Crippen molar-refractivity contribution in [3.8, 4) is 28.6 Å². The zero-order valence-electron chi connectivity index (χ0n) is 26.9. The van der Waals surface area contributed by atoms with E-state index >= 15 is 0 Å². The van der Waals surface area contributed by atoms with Gasteiger partial charge < -0.3 is 19.7 Å². The maximum absolute atomic E-state index is 13.4. The summed E-state index contributed by atoms with van der Waals surface area (Å²) in [5, 5.41) is 8.40. The van der Waals surface area contributed by atoms with Gasteiger partial charge in [0.1, 0.15) is 17.8 Å². The van der Waals surface area contributed by atoms with E-state index in [1.807, 2.05) is 36.4 Å². The number of hydrogen-bond donors (Lipinski definition) is 1. The first kappa shape index (κ1) is 33.4. The number of rotatable bonds is 8. The Hall–Kier alpha value is -4.52. The molecule has 1 aromatic heterocycles. The Morgan fingerprint density at radius 2 is 1.77 bits per heavy atom. The highest BCUT2D eigenvalue weighted by atomic mass is 32.2. The van der Waals surface area contributed by atoms with Crippen LogP contribution in [0.3, 0.4) is 0 Å². The summed E-state index contributed by atoms with van der Waals surface area (Å²) in [7, 11) is 1.66. The van der Waals surface area contributed by atoms with Crippen molar-refractivity contribution in [3.05, 3.63) is 84.2 Å². The zero-order valence-corrected chi connectivity index (χ0v) is 27.7. The molecule has 1 saturated carbocycles. The van der Waals surface area contributed by atoms with Crippen LogP contribution in [0.5, 0.6) is 11.5 Å². The molecule has 0 radical (unpaired) electrons. The molecule has 4 aromatic rings. The number of carbonyl (C=O) groups is 1. The molecule has 1 aliphatic carbocycles. The first-order valence-electron chi connectivity index (χ1n) is 15.9.